The van der Waals surface area contributed by atoms with Crippen molar-refractivity contribution < 1.29 is 9.53 Å². The van der Waals surface area contributed by atoms with Gasteiger partial charge in [0, 0.05) is 16.9 Å². The van der Waals surface area contributed by atoms with Crippen LogP contribution in [0.2, 0.25) is 0 Å². The second kappa shape index (κ2) is 5.48. The van der Waals surface area contributed by atoms with Crippen LogP contribution in [0.5, 0.6) is 5.75 Å². The van der Waals surface area contributed by atoms with E-state index < -0.39 is 0 Å². The molecule has 0 fully saturated rings. The summed E-state index contributed by atoms with van der Waals surface area (Å²) in [7, 11) is 0. The fourth-order valence-corrected chi connectivity index (χ4v) is 2.40. The molecule has 1 heterocycles. The topological polar surface area (TPSA) is 64.3 Å². The molecular weight excluding hydrogens is 264 g/mol. The first-order valence-corrected chi connectivity index (χ1v) is 7.07. The molecular formula is C17H18N2O2. The summed E-state index contributed by atoms with van der Waals surface area (Å²) in [6.45, 7) is 2.65. The van der Waals surface area contributed by atoms with Crippen LogP contribution in [0.1, 0.15) is 27.9 Å². The van der Waals surface area contributed by atoms with Gasteiger partial charge in [0.25, 0.3) is 5.91 Å². The summed E-state index contributed by atoms with van der Waals surface area (Å²) in [6.07, 6.45) is 2.03. The monoisotopic (exact) mass is 282 g/mol. The molecule has 0 saturated heterocycles. The number of amides is 1. The molecule has 0 saturated carbocycles. The van der Waals surface area contributed by atoms with Crippen molar-refractivity contribution in [3.63, 3.8) is 0 Å². The smallest absolute Gasteiger partial charge is 0.255 e. The zero-order chi connectivity index (χ0) is 14.8. The molecule has 4 heteroatoms. The lowest BCUT2D eigenvalue weighted by Gasteiger charge is -2.17. The number of anilines is 2. The number of hydrogen-bond donors (Lipinski definition) is 2. The summed E-state index contributed by atoms with van der Waals surface area (Å²) in [6, 6.07) is 11.1. The lowest BCUT2D eigenvalue weighted by molar-refractivity contribution is 0.102. The first-order valence-electron chi connectivity index (χ1n) is 7.07. The maximum absolute atomic E-state index is 12.3. The first kappa shape index (κ1) is 13.5. The Balaban J connectivity index is 1.80. The third-order valence-corrected chi connectivity index (χ3v) is 3.71. The number of carbonyl (C=O) groups excluding carboxylic acids is 1. The average molecular weight is 282 g/mol. The highest BCUT2D eigenvalue weighted by Gasteiger charge is 2.14. The molecule has 108 valence electrons. The number of hydrogen-bond acceptors (Lipinski definition) is 3. The van der Waals surface area contributed by atoms with Gasteiger partial charge in [-0.3, -0.25) is 4.79 Å². The van der Waals surface area contributed by atoms with E-state index in [0.717, 1.165) is 29.7 Å². The predicted molar refractivity (Wildman–Crippen MR) is 83.8 cm³/mol. The van der Waals surface area contributed by atoms with Gasteiger partial charge in [-0.2, -0.15) is 0 Å². The van der Waals surface area contributed by atoms with Gasteiger partial charge in [0.1, 0.15) is 5.75 Å². The van der Waals surface area contributed by atoms with Gasteiger partial charge in [-0.15, -0.1) is 0 Å². The minimum atomic E-state index is -0.157. The number of fused-ring (bicyclic) bond motifs is 1. The molecule has 21 heavy (non-hydrogen) atoms. The fraction of sp³-hybridized carbons (Fsp3) is 0.235. The van der Waals surface area contributed by atoms with Gasteiger partial charge in [0.15, 0.2) is 0 Å². The highest BCUT2D eigenvalue weighted by atomic mass is 16.5. The summed E-state index contributed by atoms with van der Waals surface area (Å²) in [5, 5.41) is 2.86. The maximum Gasteiger partial charge on any atom is 0.255 e. The van der Waals surface area contributed by atoms with Gasteiger partial charge in [0.2, 0.25) is 0 Å². The molecule has 0 aliphatic carbocycles. The van der Waals surface area contributed by atoms with Crippen molar-refractivity contribution in [2.45, 2.75) is 19.8 Å². The van der Waals surface area contributed by atoms with E-state index in [9.17, 15) is 4.79 Å². The van der Waals surface area contributed by atoms with Crippen LogP contribution in [0.4, 0.5) is 11.4 Å². The summed E-state index contributed by atoms with van der Waals surface area (Å²) < 4.78 is 5.60. The molecule has 4 nitrogen and oxygen atoms in total. The third kappa shape index (κ3) is 2.84. The van der Waals surface area contributed by atoms with Gasteiger partial charge >= 0.3 is 0 Å². The highest BCUT2D eigenvalue weighted by molar-refractivity contribution is 6.04. The SMILES string of the molecule is Cc1ccc(NC(=O)c2ccc3c(c2)OCCC3)cc1N. The van der Waals surface area contributed by atoms with Crippen molar-refractivity contribution in [1.82, 2.24) is 0 Å². The number of carbonyl (C=O) groups is 1. The van der Waals surface area contributed by atoms with Crippen molar-refractivity contribution in [3.05, 3.63) is 53.1 Å². The van der Waals surface area contributed by atoms with E-state index in [-0.39, 0.29) is 5.91 Å². The number of nitrogens with one attached hydrogen (secondary N) is 1. The number of aryl methyl sites for hydroxylation is 2. The van der Waals surface area contributed by atoms with Crippen LogP contribution in [-0.2, 0) is 6.42 Å². The molecule has 2 aromatic rings. The van der Waals surface area contributed by atoms with Gasteiger partial charge in [0.05, 0.1) is 6.61 Å². The second-order valence-corrected chi connectivity index (χ2v) is 5.30. The van der Waals surface area contributed by atoms with Crippen LogP contribution in [0.3, 0.4) is 0 Å². The number of nitrogen functional groups attached to an aromatic ring is 1. The van der Waals surface area contributed by atoms with E-state index >= 15 is 0 Å². The van der Waals surface area contributed by atoms with Gasteiger partial charge < -0.3 is 15.8 Å². The molecule has 3 rings (SSSR count). The minimum absolute atomic E-state index is 0.157. The van der Waals surface area contributed by atoms with Gasteiger partial charge in [-0.1, -0.05) is 12.1 Å². The normalized spacial score (nSPS) is 13.2. The zero-order valence-corrected chi connectivity index (χ0v) is 12.0. The fourth-order valence-electron chi connectivity index (χ4n) is 2.40. The third-order valence-electron chi connectivity index (χ3n) is 3.71. The largest absolute Gasteiger partial charge is 0.493 e. The summed E-state index contributed by atoms with van der Waals surface area (Å²) in [5.41, 5.74) is 9.97. The highest BCUT2D eigenvalue weighted by Crippen LogP contribution is 2.26. The van der Waals surface area contributed by atoms with Gasteiger partial charge in [-0.05, 0) is 55.2 Å². The van der Waals surface area contributed by atoms with Crippen molar-refractivity contribution in [3.8, 4) is 5.75 Å². The van der Waals surface area contributed by atoms with E-state index in [2.05, 4.69) is 5.32 Å². The summed E-state index contributed by atoms with van der Waals surface area (Å²) in [4.78, 5) is 12.3. The molecule has 0 radical (unpaired) electrons. The molecule has 0 atom stereocenters. The number of benzene rings is 2. The Morgan fingerprint density at radius 1 is 1.24 bits per heavy atom. The molecule has 3 N–H and O–H groups in total. The molecule has 0 unspecified atom stereocenters. The Bertz CT molecular complexity index is 695. The van der Waals surface area contributed by atoms with Crippen molar-refractivity contribution in [2.24, 2.45) is 0 Å². The van der Waals surface area contributed by atoms with E-state index in [1.807, 2.05) is 31.2 Å². The second-order valence-electron chi connectivity index (χ2n) is 5.30. The Morgan fingerprint density at radius 2 is 2.10 bits per heavy atom. The van der Waals surface area contributed by atoms with E-state index in [4.69, 9.17) is 10.5 Å². The predicted octanol–water partition coefficient (Wildman–Crippen LogP) is 3.15. The molecule has 0 aromatic heterocycles. The van der Waals surface area contributed by atoms with E-state index in [1.165, 1.54) is 0 Å². The van der Waals surface area contributed by atoms with Crippen molar-refractivity contribution in [1.29, 1.82) is 0 Å². The van der Waals surface area contributed by atoms with Crippen LogP contribution in [-0.4, -0.2) is 12.5 Å². The molecule has 0 spiro atoms. The van der Waals surface area contributed by atoms with Crippen LogP contribution in [0.15, 0.2) is 36.4 Å². The summed E-state index contributed by atoms with van der Waals surface area (Å²) in [5.74, 6) is 0.660. The average Bonchev–Trinajstić information content (AvgIpc) is 2.50. The van der Waals surface area contributed by atoms with Crippen LogP contribution in [0, 0.1) is 6.92 Å². The summed E-state index contributed by atoms with van der Waals surface area (Å²) >= 11 is 0. The van der Waals surface area contributed by atoms with E-state index in [0.29, 0.717) is 23.5 Å². The molecule has 0 bridgehead atoms. The van der Waals surface area contributed by atoms with Gasteiger partial charge in [-0.25, -0.2) is 0 Å². The Labute approximate surface area is 123 Å². The molecule has 1 aliphatic heterocycles. The lowest BCUT2D eigenvalue weighted by Crippen LogP contribution is -2.14. The maximum atomic E-state index is 12.3. The zero-order valence-electron chi connectivity index (χ0n) is 12.0. The molecule has 1 amide bonds. The quantitative estimate of drug-likeness (QED) is 0.832. The minimum Gasteiger partial charge on any atom is -0.493 e. The number of nitrogens with two attached hydrogens (primary N) is 1. The standard InChI is InChI=1S/C17H18N2O2/c1-11-4-7-14(10-15(11)18)19-17(20)13-6-5-12-3-2-8-21-16(12)9-13/h4-7,9-10H,2-3,8,18H2,1H3,(H,19,20). The molecule has 2 aromatic carbocycles. The number of ether oxygens (including phenoxy) is 1. The van der Waals surface area contributed by atoms with E-state index in [1.54, 1.807) is 12.1 Å². The van der Waals surface area contributed by atoms with Crippen molar-refractivity contribution >= 4 is 17.3 Å². The Morgan fingerprint density at radius 3 is 2.90 bits per heavy atom. The van der Waals surface area contributed by atoms with Crippen molar-refractivity contribution in [2.75, 3.05) is 17.7 Å². The van der Waals surface area contributed by atoms with Crippen LogP contribution < -0.4 is 15.8 Å². The van der Waals surface area contributed by atoms with Crippen LogP contribution >= 0.6 is 0 Å². The first-order chi connectivity index (χ1) is 10.1. The number of rotatable bonds is 2. The van der Waals surface area contributed by atoms with Crippen LogP contribution in [0.25, 0.3) is 0 Å². The lowest BCUT2D eigenvalue weighted by atomic mass is 10.0. The Kier molecular flexibility index (Phi) is 3.52. The Hall–Kier alpha value is -2.49. The molecule has 1 aliphatic rings.